The van der Waals surface area contributed by atoms with Gasteiger partial charge in [0, 0.05) is 19.6 Å². The summed E-state index contributed by atoms with van der Waals surface area (Å²) in [5.74, 6) is 0. The van der Waals surface area contributed by atoms with Crippen molar-refractivity contribution in [2.45, 2.75) is 12.5 Å². The van der Waals surface area contributed by atoms with E-state index in [1.165, 1.54) is 0 Å². The third kappa shape index (κ3) is 2.21. The van der Waals surface area contributed by atoms with Crippen LogP contribution in [0.25, 0.3) is 0 Å². The Morgan fingerprint density at radius 3 is 3.15 bits per heavy atom. The lowest BCUT2D eigenvalue weighted by atomic mass is 10.2. The Labute approximate surface area is 78.1 Å². The third-order valence-corrected chi connectivity index (χ3v) is 2.34. The van der Waals surface area contributed by atoms with Crippen LogP contribution in [0.15, 0.2) is 17.1 Å². The highest BCUT2D eigenvalue weighted by molar-refractivity contribution is 5.73. The van der Waals surface area contributed by atoms with E-state index in [1.807, 2.05) is 0 Å². The Bertz CT molecular complexity index is 237. The van der Waals surface area contributed by atoms with Crippen LogP contribution in [0.2, 0.25) is 0 Å². The van der Waals surface area contributed by atoms with E-state index in [0.717, 1.165) is 26.1 Å². The highest BCUT2D eigenvalue weighted by Gasteiger charge is 2.20. The minimum Gasteiger partial charge on any atom is -0.459 e. The van der Waals surface area contributed by atoms with E-state index in [-0.39, 0.29) is 6.10 Å². The second kappa shape index (κ2) is 3.79. The van der Waals surface area contributed by atoms with E-state index in [0.29, 0.717) is 12.6 Å². The topological polar surface area (TPSA) is 50.8 Å². The van der Waals surface area contributed by atoms with E-state index >= 15 is 0 Å². The smallest absolute Gasteiger partial charge is 0.282 e. The van der Waals surface area contributed by atoms with Gasteiger partial charge in [0.15, 0.2) is 0 Å². The Kier molecular flexibility index (Phi) is 2.49. The van der Waals surface area contributed by atoms with Crippen molar-refractivity contribution in [2.75, 3.05) is 26.2 Å². The van der Waals surface area contributed by atoms with Gasteiger partial charge in [-0.25, -0.2) is 4.99 Å². The first kappa shape index (κ1) is 8.56. The molecule has 2 aliphatic heterocycles. The van der Waals surface area contributed by atoms with Gasteiger partial charge in [0.25, 0.3) is 6.02 Å². The first-order chi connectivity index (χ1) is 6.34. The van der Waals surface area contributed by atoms with E-state index in [1.54, 1.807) is 0 Å². The number of amidine groups is 1. The molecule has 0 saturated carbocycles. The predicted molar refractivity (Wildman–Crippen MR) is 51.6 cm³/mol. The van der Waals surface area contributed by atoms with Crippen LogP contribution >= 0.6 is 0 Å². The van der Waals surface area contributed by atoms with Gasteiger partial charge in [-0.1, -0.05) is 12.2 Å². The highest BCUT2D eigenvalue weighted by Crippen LogP contribution is 2.07. The molecule has 0 saturated heterocycles. The maximum atomic E-state index is 5.43. The zero-order valence-electron chi connectivity index (χ0n) is 7.65. The van der Waals surface area contributed by atoms with Crippen LogP contribution < -0.4 is 5.73 Å². The number of nitrogens with two attached hydrogens (primary N) is 1. The molecule has 0 spiro atoms. The summed E-state index contributed by atoms with van der Waals surface area (Å²) in [6, 6.07) is 0.345. The Morgan fingerprint density at radius 1 is 1.62 bits per heavy atom. The molecule has 4 nitrogen and oxygen atoms in total. The molecule has 0 amide bonds. The Balaban J connectivity index is 1.76. The van der Waals surface area contributed by atoms with Gasteiger partial charge in [-0.3, -0.25) is 4.90 Å². The number of aliphatic imine (C=N–C) groups is 1. The molecular formula is C9H15N3O. The first-order valence-electron chi connectivity index (χ1n) is 4.68. The second-order valence-corrected chi connectivity index (χ2v) is 3.44. The van der Waals surface area contributed by atoms with E-state index in [4.69, 9.17) is 10.5 Å². The summed E-state index contributed by atoms with van der Waals surface area (Å²) in [5, 5.41) is 0. The average Bonchev–Trinajstić information content (AvgIpc) is 2.53. The SMILES string of the molecule is NC1=NCC(CN2CC=CCC2)O1. The molecule has 0 radical (unpaired) electrons. The maximum absolute atomic E-state index is 5.43. The Hall–Kier alpha value is -1.03. The van der Waals surface area contributed by atoms with Crippen molar-refractivity contribution < 1.29 is 4.74 Å². The summed E-state index contributed by atoms with van der Waals surface area (Å²) >= 11 is 0. The molecular weight excluding hydrogens is 166 g/mol. The minimum atomic E-state index is 0.173. The third-order valence-electron chi connectivity index (χ3n) is 2.34. The molecule has 0 aromatic carbocycles. The zero-order chi connectivity index (χ0) is 9.10. The predicted octanol–water partition coefficient (Wildman–Crippen LogP) is -0.0382. The molecule has 1 atom stereocenters. The standard InChI is InChI=1S/C9H15N3O/c10-9-11-6-8(13-9)7-12-4-2-1-3-5-12/h1-2,8H,3-7H2,(H2,10,11). The molecule has 0 aliphatic carbocycles. The van der Waals surface area contributed by atoms with E-state index in [2.05, 4.69) is 22.0 Å². The van der Waals surface area contributed by atoms with Gasteiger partial charge in [0.05, 0.1) is 6.54 Å². The lowest BCUT2D eigenvalue weighted by molar-refractivity contribution is 0.150. The van der Waals surface area contributed by atoms with Crippen LogP contribution in [-0.2, 0) is 4.74 Å². The second-order valence-electron chi connectivity index (χ2n) is 3.44. The van der Waals surface area contributed by atoms with Crippen molar-refractivity contribution >= 4 is 6.02 Å². The molecule has 2 aliphatic rings. The lowest BCUT2D eigenvalue weighted by Gasteiger charge is -2.25. The number of ether oxygens (including phenoxy) is 1. The number of hydrogen-bond acceptors (Lipinski definition) is 4. The molecule has 2 rings (SSSR count). The Morgan fingerprint density at radius 2 is 2.54 bits per heavy atom. The molecule has 72 valence electrons. The van der Waals surface area contributed by atoms with Gasteiger partial charge in [-0.05, 0) is 6.42 Å². The van der Waals surface area contributed by atoms with Crippen molar-refractivity contribution in [3.05, 3.63) is 12.2 Å². The molecule has 4 heteroatoms. The summed E-state index contributed by atoms with van der Waals surface area (Å²) < 4.78 is 5.33. The van der Waals surface area contributed by atoms with Crippen molar-refractivity contribution in [3.63, 3.8) is 0 Å². The monoisotopic (exact) mass is 181 g/mol. The van der Waals surface area contributed by atoms with Gasteiger partial charge in [0.2, 0.25) is 0 Å². The molecule has 2 heterocycles. The summed E-state index contributed by atoms with van der Waals surface area (Å²) in [5.41, 5.74) is 5.43. The number of nitrogens with zero attached hydrogens (tertiary/aromatic N) is 2. The fraction of sp³-hybridized carbons (Fsp3) is 0.667. The minimum absolute atomic E-state index is 0.173. The molecule has 0 aromatic heterocycles. The number of rotatable bonds is 2. The van der Waals surface area contributed by atoms with Gasteiger partial charge in [-0.2, -0.15) is 0 Å². The quantitative estimate of drug-likeness (QED) is 0.608. The van der Waals surface area contributed by atoms with Crippen LogP contribution in [-0.4, -0.2) is 43.2 Å². The van der Waals surface area contributed by atoms with Crippen LogP contribution in [0.3, 0.4) is 0 Å². The van der Waals surface area contributed by atoms with Crippen LogP contribution in [0.5, 0.6) is 0 Å². The van der Waals surface area contributed by atoms with Crippen molar-refractivity contribution in [1.29, 1.82) is 0 Å². The van der Waals surface area contributed by atoms with Crippen molar-refractivity contribution in [3.8, 4) is 0 Å². The summed E-state index contributed by atoms with van der Waals surface area (Å²) in [4.78, 5) is 6.37. The van der Waals surface area contributed by atoms with E-state index < -0.39 is 0 Å². The molecule has 2 N–H and O–H groups in total. The van der Waals surface area contributed by atoms with E-state index in [9.17, 15) is 0 Å². The summed E-state index contributed by atoms with van der Waals surface area (Å²) in [6.07, 6.45) is 5.73. The normalized spacial score (nSPS) is 28.6. The first-order valence-corrected chi connectivity index (χ1v) is 4.68. The molecule has 0 bridgehead atoms. The fourth-order valence-corrected chi connectivity index (χ4v) is 1.68. The summed E-state index contributed by atoms with van der Waals surface area (Å²) in [6.45, 7) is 3.80. The van der Waals surface area contributed by atoms with Crippen LogP contribution in [0.1, 0.15) is 6.42 Å². The van der Waals surface area contributed by atoms with Gasteiger partial charge in [-0.15, -0.1) is 0 Å². The largest absolute Gasteiger partial charge is 0.459 e. The fourth-order valence-electron chi connectivity index (χ4n) is 1.68. The van der Waals surface area contributed by atoms with Crippen LogP contribution in [0.4, 0.5) is 0 Å². The van der Waals surface area contributed by atoms with Gasteiger partial charge >= 0.3 is 0 Å². The van der Waals surface area contributed by atoms with Crippen LogP contribution in [0, 0.1) is 0 Å². The number of hydrogen-bond donors (Lipinski definition) is 1. The van der Waals surface area contributed by atoms with Crippen molar-refractivity contribution in [1.82, 2.24) is 4.90 Å². The highest BCUT2D eigenvalue weighted by atomic mass is 16.5. The zero-order valence-corrected chi connectivity index (χ0v) is 7.65. The molecule has 0 aromatic rings. The lowest BCUT2D eigenvalue weighted by Crippen LogP contribution is -2.36. The molecule has 13 heavy (non-hydrogen) atoms. The summed E-state index contributed by atoms with van der Waals surface area (Å²) in [7, 11) is 0. The molecule has 0 fully saturated rings. The van der Waals surface area contributed by atoms with Crippen molar-refractivity contribution in [2.24, 2.45) is 10.7 Å². The van der Waals surface area contributed by atoms with Gasteiger partial charge in [0.1, 0.15) is 6.10 Å². The average molecular weight is 181 g/mol. The van der Waals surface area contributed by atoms with Gasteiger partial charge < -0.3 is 10.5 Å². The molecule has 1 unspecified atom stereocenters. The maximum Gasteiger partial charge on any atom is 0.282 e.